The van der Waals surface area contributed by atoms with Gasteiger partial charge in [0.25, 0.3) is 0 Å². The molecular weight excluding hydrogens is 318 g/mol. The highest BCUT2D eigenvalue weighted by Crippen LogP contribution is 2.37. The molecule has 0 spiro atoms. The number of hydrogen-bond acceptors (Lipinski definition) is 4. The molecule has 1 aliphatic rings. The Morgan fingerprint density at radius 1 is 1.39 bits per heavy atom. The molecule has 2 heterocycles. The Morgan fingerprint density at radius 3 is 2.96 bits per heavy atom. The van der Waals surface area contributed by atoms with Crippen LogP contribution in [0.3, 0.4) is 0 Å². The van der Waals surface area contributed by atoms with Gasteiger partial charge < -0.3 is 14.3 Å². The van der Waals surface area contributed by atoms with E-state index in [1.165, 1.54) is 4.90 Å². The fraction of sp³-hybridized carbons (Fsp3) is 0.471. The summed E-state index contributed by atoms with van der Waals surface area (Å²) in [7, 11) is 0. The lowest BCUT2D eigenvalue weighted by molar-refractivity contribution is -0.932. The van der Waals surface area contributed by atoms with Crippen LogP contribution in [0.2, 0.25) is 5.02 Å². The van der Waals surface area contributed by atoms with E-state index < -0.39 is 0 Å². The summed E-state index contributed by atoms with van der Waals surface area (Å²) in [5.74, 6) is 0.615. The molecule has 1 aromatic carbocycles. The van der Waals surface area contributed by atoms with Gasteiger partial charge in [0, 0.05) is 24.5 Å². The summed E-state index contributed by atoms with van der Waals surface area (Å²) in [6, 6.07) is 3.39. The van der Waals surface area contributed by atoms with Crippen LogP contribution in [0.1, 0.15) is 30.9 Å². The molecule has 0 aliphatic carbocycles. The molecule has 0 bridgehead atoms. The second-order valence-electron chi connectivity index (χ2n) is 5.93. The third-order valence-corrected chi connectivity index (χ3v) is 4.46. The first kappa shape index (κ1) is 16.3. The van der Waals surface area contributed by atoms with Gasteiger partial charge in [-0.2, -0.15) is 0 Å². The van der Waals surface area contributed by atoms with Crippen molar-refractivity contribution in [3.63, 3.8) is 0 Å². The third-order valence-electron chi connectivity index (χ3n) is 4.18. The number of quaternary nitrogens is 1. The highest BCUT2D eigenvalue weighted by atomic mass is 35.5. The maximum atomic E-state index is 11.9. The molecule has 1 unspecified atom stereocenters. The van der Waals surface area contributed by atoms with E-state index in [9.17, 15) is 4.79 Å². The number of rotatable bonds is 5. The summed E-state index contributed by atoms with van der Waals surface area (Å²) in [5.41, 5.74) is 2.06. The fourth-order valence-corrected chi connectivity index (χ4v) is 3.41. The van der Waals surface area contributed by atoms with E-state index in [0.717, 1.165) is 35.9 Å². The maximum Gasteiger partial charge on any atom is 0.336 e. The second-order valence-corrected chi connectivity index (χ2v) is 6.33. The second kappa shape index (κ2) is 6.91. The molecule has 2 aromatic rings. The third kappa shape index (κ3) is 3.22. The van der Waals surface area contributed by atoms with Gasteiger partial charge in [0.2, 0.25) is 6.73 Å². The highest BCUT2D eigenvalue weighted by Gasteiger charge is 2.27. The summed E-state index contributed by atoms with van der Waals surface area (Å²) in [6.07, 6.45) is 2.45. The lowest BCUT2D eigenvalue weighted by atomic mass is 10.0. The van der Waals surface area contributed by atoms with Crippen LogP contribution in [0.25, 0.3) is 11.0 Å². The predicted molar refractivity (Wildman–Crippen MR) is 88.2 cm³/mol. The average molecular weight is 339 g/mol. The number of aliphatic hydroxyl groups excluding tert-OH is 1. The Labute approximate surface area is 139 Å². The van der Waals surface area contributed by atoms with Crippen LogP contribution < -0.4 is 15.3 Å². The number of aryl methyl sites for hydroxylation is 1. The first-order chi connectivity index (χ1) is 11.1. The summed E-state index contributed by atoms with van der Waals surface area (Å²) < 4.78 is 11.3. The normalized spacial score (nSPS) is 17.1. The summed E-state index contributed by atoms with van der Waals surface area (Å²) in [5, 5.41) is 10.5. The van der Waals surface area contributed by atoms with E-state index in [1.54, 1.807) is 6.07 Å². The molecule has 6 heteroatoms. The number of nitrogens with one attached hydrogen (secondary N) is 1. The van der Waals surface area contributed by atoms with Crippen LogP contribution in [-0.2, 0) is 13.0 Å². The summed E-state index contributed by atoms with van der Waals surface area (Å²) >= 11 is 6.39. The van der Waals surface area contributed by atoms with Crippen molar-refractivity contribution in [3.8, 4) is 5.75 Å². The van der Waals surface area contributed by atoms with Gasteiger partial charge in [-0.3, -0.25) is 4.90 Å². The van der Waals surface area contributed by atoms with Crippen LogP contribution >= 0.6 is 11.6 Å². The zero-order chi connectivity index (χ0) is 16.4. The van der Waals surface area contributed by atoms with Crippen LogP contribution in [0.5, 0.6) is 5.75 Å². The largest absolute Gasteiger partial charge is 0.443 e. The number of halogens is 1. The lowest BCUT2D eigenvalue weighted by Crippen LogP contribution is -3.12. The minimum atomic E-state index is -0.340. The molecule has 1 atom stereocenters. The van der Waals surface area contributed by atoms with Crippen molar-refractivity contribution in [1.29, 1.82) is 0 Å². The Bertz CT molecular complexity index is 771. The molecule has 1 aromatic heterocycles. The molecule has 0 saturated carbocycles. The van der Waals surface area contributed by atoms with E-state index in [-0.39, 0.29) is 12.2 Å². The molecule has 23 heavy (non-hydrogen) atoms. The van der Waals surface area contributed by atoms with Gasteiger partial charge >= 0.3 is 5.63 Å². The lowest BCUT2D eigenvalue weighted by Gasteiger charge is -2.27. The van der Waals surface area contributed by atoms with Gasteiger partial charge in [-0.1, -0.05) is 24.9 Å². The van der Waals surface area contributed by atoms with Gasteiger partial charge in [0.05, 0.1) is 17.1 Å². The summed E-state index contributed by atoms with van der Waals surface area (Å²) in [6.45, 7) is 4.19. The molecule has 0 radical (unpaired) electrons. The van der Waals surface area contributed by atoms with Gasteiger partial charge in [0.15, 0.2) is 11.3 Å². The number of benzene rings is 1. The number of hydrogen-bond donors (Lipinski definition) is 2. The Kier molecular flexibility index (Phi) is 4.90. The number of ether oxygens (including phenoxy) is 1. The molecule has 124 valence electrons. The SMILES string of the molecule is CCCc1cc(=O)oc2c3c(c(Cl)cc12)OC[NH+](CCCO)C3. The molecule has 5 nitrogen and oxygen atoms in total. The molecule has 0 fully saturated rings. The van der Waals surface area contributed by atoms with Crippen molar-refractivity contribution < 1.29 is 19.2 Å². The van der Waals surface area contributed by atoms with Crippen LogP contribution in [0.15, 0.2) is 21.3 Å². The first-order valence-corrected chi connectivity index (χ1v) is 8.37. The monoisotopic (exact) mass is 338 g/mol. The van der Waals surface area contributed by atoms with Crippen LogP contribution in [-0.4, -0.2) is 25.0 Å². The quantitative estimate of drug-likeness (QED) is 0.811. The average Bonchev–Trinajstić information content (AvgIpc) is 2.54. The minimum Gasteiger partial charge on any atom is -0.443 e. The van der Waals surface area contributed by atoms with E-state index in [1.807, 2.05) is 6.07 Å². The predicted octanol–water partition coefficient (Wildman–Crippen LogP) is 1.52. The van der Waals surface area contributed by atoms with E-state index in [2.05, 4.69) is 6.92 Å². The highest BCUT2D eigenvalue weighted by molar-refractivity contribution is 6.33. The maximum absolute atomic E-state index is 11.9. The van der Waals surface area contributed by atoms with Gasteiger partial charge in [0.1, 0.15) is 6.54 Å². The van der Waals surface area contributed by atoms with Crippen molar-refractivity contribution in [2.75, 3.05) is 19.9 Å². The number of fused-ring (bicyclic) bond motifs is 3. The van der Waals surface area contributed by atoms with E-state index in [0.29, 0.717) is 36.1 Å². The van der Waals surface area contributed by atoms with Crippen LogP contribution in [0.4, 0.5) is 0 Å². The molecule has 2 N–H and O–H groups in total. The zero-order valence-electron chi connectivity index (χ0n) is 13.2. The smallest absolute Gasteiger partial charge is 0.336 e. The molecule has 1 aliphatic heterocycles. The van der Waals surface area contributed by atoms with Crippen molar-refractivity contribution in [2.24, 2.45) is 0 Å². The van der Waals surface area contributed by atoms with Gasteiger partial charge in [-0.05, 0) is 18.1 Å². The Hall–Kier alpha value is -1.56. The zero-order valence-corrected chi connectivity index (χ0v) is 13.9. The molecule has 3 rings (SSSR count). The van der Waals surface area contributed by atoms with Crippen molar-refractivity contribution >= 4 is 22.6 Å². The minimum absolute atomic E-state index is 0.155. The Morgan fingerprint density at radius 2 is 2.22 bits per heavy atom. The molecule has 0 amide bonds. The number of aliphatic hydroxyl groups is 1. The van der Waals surface area contributed by atoms with Gasteiger partial charge in [-0.15, -0.1) is 0 Å². The first-order valence-electron chi connectivity index (χ1n) is 7.99. The summed E-state index contributed by atoms with van der Waals surface area (Å²) in [4.78, 5) is 13.1. The Balaban J connectivity index is 2.12. The van der Waals surface area contributed by atoms with Crippen molar-refractivity contribution in [3.05, 3.63) is 38.7 Å². The topological polar surface area (TPSA) is 64.1 Å². The molecule has 0 saturated heterocycles. The van der Waals surface area contributed by atoms with Gasteiger partial charge in [-0.25, -0.2) is 4.79 Å². The van der Waals surface area contributed by atoms with Crippen molar-refractivity contribution in [2.45, 2.75) is 32.7 Å². The fourth-order valence-electron chi connectivity index (χ4n) is 3.13. The molecular formula is C17H21ClNO4+. The van der Waals surface area contributed by atoms with Crippen molar-refractivity contribution in [1.82, 2.24) is 0 Å². The van der Waals surface area contributed by atoms with E-state index >= 15 is 0 Å². The van der Waals surface area contributed by atoms with Crippen LogP contribution in [0, 0.1) is 0 Å². The van der Waals surface area contributed by atoms with E-state index in [4.69, 9.17) is 25.9 Å². The standard InChI is InChI=1S/C17H20ClNO4/c1-2-4-11-7-15(21)23-16-12(11)8-14(18)17-13(16)9-19(10-22-17)5-3-6-20/h7-8,20H,2-6,9-10H2,1H3/p+1.